The van der Waals surface area contributed by atoms with E-state index in [1.807, 2.05) is 13.8 Å². The van der Waals surface area contributed by atoms with Gasteiger partial charge in [-0.2, -0.15) is 0 Å². The van der Waals surface area contributed by atoms with Crippen LogP contribution in [-0.4, -0.2) is 38.0 Å². The molecule has 1 fully saturated rings. The fourth-order valence-electron chi connectivity index (χ4n) is 2.57. The molecule has 0 aromatic rings. The predicted molar refractivity (Wildman–Crippen MR) is 74.6 cm³/mol. The Morgan fingerprint density at radius 1 is 1.21 bits per heavy atom. The van der Waals surface area contributed by atoms with Crippen LogP contribution in [0.1, 0.15) is 46.0 Å². The fourth-order valence-corrected chi connectivity index (χ4v) is 2.57. The van der Waals surface area contributed by atoms with E-state index in [1.165, 1.54) is 0 Å². The van der Waals surface area contributed by atoms with Crippen LogP contribution in [0.4, 0.5) is 0 Å². The van der Waals surface area contributed by atoms with Gasteiger partial charge in [0.05, 0.1) is 0 Å². The number of primary amides is 1. The molecule has 0 saturated heterocycles. The fraction of sp³-hybridized carbons (Fsp3) is 0.929. The van der Waals surface area contributed by atoms with Crippen LogP contribution in [0.3, 0.4) is 0 Å². The molecule has 3 N–H and O–H groups in total. The first-order valence-corrected chi connectivity index (χ1v) is 7.43. The minimum atomic E-state index is -0.147. The molecule has 0 radical (unpaired) electrons. The smallest absolute Gasteiger partial charge is 0.220 e. The van der Waals surface area contributed by atoms with E-state index in [1.54, 1.807) is 0 Å². The van der Waals surface area contributed by atoms with E-state index in [0.29, 0.717) is 19.3 Å². The van der Waals surface area contributed by atoms with Gasteiger partial charge < -0.3 is 20.5 Å². The third kappa shape index (κ3) is 6.36. The lowest BCUT2D eigenvalue weighted by atomic mass is 9.85. The van der Waals surface area contributed by atoms with Gasteiger partial charge in [0.2, 0.25) is 5.91 Å². The summed E-state index contributed by atoms with van der Waals surface area (Å²) < 4.78 is 11.0. The first-order valence-electron chi connectivity index (χ1n) is 7.43. The van der Waals surface area contributed by atoms with Gasteiger partial charge in [-0.3, -0.25) is 4.79 Å². The van der Waals surface area contributed by atoms with E-state index in [-0.39, 0.29) is 18.1 Å². The number of carbonyl (C=O) groups excluding carboxylic acids is 1. The van der Waals surface area contributed by atoms with Crippen LogP contribution in [0.2, 0.25) is 0 Å². The lowest BCUT2D eigenvalue weighted by Gasteiger charge is -2.28. The van der Waals surface area contributed by atoms with Gasteiger partial charge >= 0.3 is 0 Å². The second-order valence-electron chi connectivity index (χ2n) is 5.03. The van der Waals surface area contributed by atoms with E-state index >= 15 is 0 Å². The summed E-state index contributed by atoms with van der Waals surface area (Å²) in [6, 6.07) is 0.500. The van der Waals surface area contributed by atoms with Gasteiger partial charge in [-0.1, -0.05) is 0 Å². The van der Waals surface area contributed by atoms with Crippen molar-refractivity contribution in [3.8, 4) is 0 Å². The Hall–Kier alpha value is -0.650. The molecule has 1 rings (SSSR count). The SMILES string of the molecule is CCOC(CCNC1CCC(C(N)=O)CC1)OCC. The largest absolute Gasteiger partial charge is 0.369 e. The average molecular weight is 272 g/mol. The molecule has 0 aliphatic heterocycles. The van der Waals surface area contributed by atoms with E-state index in [2.05, 4.69) is 5.32 Å². The minimum Gasteiger partial charge on any atom is -0.369 e. The third-order valence-electron chi connectivity index (χ3n) is 3.65. The number of nitrogens with one attached hydrogen (secondary N) is 1. The second-order valence-corrected chi connectivity index (χ2v) is 5.03. The number of ether oxygens (including phenoxy) is 2. The minimum absolute atomic E-state index is 0.0812. The summed E-state index contributed by atoms with van der Waals surface area (Å²) in [7, 11) is 0. The summed E-state index contributed by atoms with van der Waals surface area (Å²) >= 11 is 0. The van der Waals surface area contributed by atoms with Crippen molar-refractivity contribution < 1.29 is 14.3 Å². The number of hydrogen-bond acceptors (Lipinski definition) is 4. The summed E-state index contributed by atoms with van der Waals surface area (Å²) in [5.74, 6) is -0.0659. The highest BCUT2D eigenvalue weighted by atomic mass is 16.7. The Morgan fingerprint density at radius 3 is 2.26 bits per heavy atom. The Kier molecular flexibility index (Phi) is 8.02. The Labute approximate surface area is 116 Å². The van der Waals surface area contributed by atoms with Crippen molar-refractivity contribution in [3.63, 3.8) is 0 Å². The van der Waals surface area contributed by atoms with Crippen LogP contribution >= 0.6 is 0 Å². The zero-order valence-corrected chi connectivity index (χ0v) is 12.2. The van der Waals surface area contributed by atoms with Gasteiger partial charge in [0.1, 0.15) is 0 Å². The molecule has 0 spiro atoms. The van der Waals surface area contributed by atoms with E-state index in [0.717, 1.165) is 38.6 Å². The average Bonchev–Trinajstić information content (AvgIpc) is 2.40. The first-order chi connectivity index (χ1) is 9.17. The van der Waals surface area contributed by atoms with Gasteiger partial charge in [-0.05, 0) is 39.5 Å². The highest BCUT2D eigenvalue weighted by Gasteiger charge is 2.24. The van der Waals surface area contributed by atoms with E-state index in [4.69, 9.17) is 15.2 Å². The Balaban J connectivity index is 2.14. The molecule has 0 bridgehead atoms. The third-order valence-corrected chi connectivity index (χ3v) is 3.65. The lowest BCUT2D eigenvalue weighted by molar-refractivity contribution is -0.138. The van der Waals surface area contributed by atoms with Crippen LogP contribution < -0.4 is 11.1 Å². The quantitative estimate of drug-likeness (QED) is 0.622. The van der Waals surface area contributed by atoms with Gasteiger partial charge in [0, 0.05) is 38.1 Å². The van der Waals surface area contributed by atoms with Crippen LogP contribution in [0, 0.1) is 5.92 Å². The van der Waals surface area contributed by atoms with Crippen molar-refractivity contribution in [2.75, 3.05) is 19.8 Å². The van der Waals surface area contributed by atoms with Gasteiger partial charge in [0.25, 0.3) is 0 Å². The Morgan fingerprint density at radius 2 is 1.79 bits per heavy atom. The maximum Gasteiger partial charge on any atom is 0.220 e. The molecule has 112 valence electrons. The molecule has 1 amide bonds. The lowest BCUT2D eigenvalue weighted by Crippen LogP contribution is -2.38. The van der Waals surface area contributed by atoms with Crippen LogP contribution in [0.25, 0.3) is 0 Å². The van der Waals surface area contributed by atoms with Crippen molar-refractivity contribution in [2.24, 2.45) is 11.7 Å². The van der Waals surface area contributed by atoms with Gasteiger partial charge in [0.15, 0.2) is 6.29 Å². The highest BCUT2D eigenvalue weighted by Crippen LogP contribution is 2.23. The molecular weight excluding hydrogens is 244 g/mol. The standard InChI is InChI=1S/C14H28N2O3/c1-3-18-13(19-4-2)9-10-16-12-7-5-11(6-8-12)14(15)17/h11-13,16H,3-10H2,1-2H3,(H2,15,17). The molecule has 1 saturated carbocycles. The Bertz CT molecular complexity index is 247. The molecule has 5 heteroatoms. The zero-order valence-electron chi connectivity index (χ0n) is 12.2. The summed E-state index contributed by atoms with van der Waals surface area (Å²) in [4.78, 5) is 11.1. The van der Waals surface area contributed by atoms with Crippen LogP contribution in [-0.2, 0) is 14.3 Å². The molecule has 0 aromatic carbocycles. The summed E-state index contributed by atoms with van der Waals surface area (Å²) in [6.45, 7) is 6.19. The summed E-state index contributed by atoms with van der Waals surface area (Å²) in [6.07, 6.45) is 4.63. The number of nitrogens with two attached hydrogens (primary N) is 1. The number of hydrogen-bond donors (Lipinski definition) is 2. The van der Waals surface area contributed by atoms with Gasteiger partial charge in [-0.25, -0.2) is 0 Å². The molecule has 0 heterocycles. The maximum absolute atomic E-state index is 11.1. The molecule has 0 unspecified atom stereocenters. The molecule has 0 atom stereocenters. The van der Waals surface area contributed by atoms with Crippen LogP contribution in [0.5, 0.6) is 0 Å². The molecule has 19 heavy (non-hydrogen) atoms. The van der Waals surface area contributed by atoms with Crippen molar-refractivity contribution in [3.05, 3.63) is 0 Å². The number of carbonyl (C=O) groups is 1. The molecule has 1 aliphatic rings. The van der Waals surface area contributed by atoms with Gasteiger partial charge in [-0.15, -0.1) is 0 Å². The highest BCUT2D eigenvalue weighted by molar-refractivity contribution is 5.76. The van der Waals surface area contributed by atoms with Crippen molar-refractivity contribution in [1.82, 2.24) is 5.32 Å². The molecule has 0 aromatic heterocycles. The van der Waals surface area contributed by atoms with Crippen molar-refractivity contribution >= 4 is 5.91 Å². The predicted octanol–water partition coefficient (Wildman–Crippen LogP) is 1.41. The first kappa shape index (κ1) is 16.4. The number of rotatable bonds is 9. The molecule has 1 aliphatic carbocycles. The second kappa shape index (κ2) is 9.28. The summed E-state index contributed by atoms with van der Waals surface area (Å²) in [5, 5.41) is 3.52. The zero-order chi connectivity index (χ0) is 14.1. The monoisotopic (exact) mass is 272 g/mol. The normalized spacial score (nSPS) is 23.7. The van der Waals surface area contributed by atoms with Crippen molar-refractivity contribution in [1.29, 1.82) is 0 Å². The molecular formula is C14H28N2O3. The van der Waals surface area contributed by atoms with E-state index < -0.39 is 0 Å². The van der Waals surface area contributed by atoms with Crippen molar-refractivity contribution in [2.45, 2.75) is 58.3 Å². The number of amides is 1. The maximum atomic E-state index is 11.1. The van der Waals surface area contributed by atoms with E-state index in [9.17, 15) is 4.79 Å². The van der Waals surface area contributed by atoms with Crippen LogP contribution in [0.15, 0.2) is 0 Å². The molecule has 5 nitrogen and oxygen atoms in total. The topological polar surface area (TPSA) is 73.6 Å². The summed E-state index contributed by atoms with van der Waals surface area (Å²) in [5.41, 5.74) is 5.33.